The number of carbonyl (C=O) groups excluding carboxylic acids is 4. The molecule has 3 N–H and O–H groups in total. The lowest BCUT2D eigenvalue weighted by Gasteiger charge is -2.32. The van der Waals surface area contributed by atoms with E-state index in [9.17, 15) is 19.2 Å². The minimum atomic E-state index is -1.43. The highest BCUT2D eigenvalue weighted by atomic mass is 32.1. The zero-order valence-corrected chi connectivity index (χ0v) is 21.7. The van der Waals surface area contributed by atoms with Crippen molar-refractivity contribution in [3.05, 3.63) is 106 Å². The lowest BCUT2D eigenvalue weighted by Crippen LogP contribution is -2.47. The standard InChI is InChI=1S/C28H25FN4O5S/c1-18(34)32-19-10-12-20(13-11-19)33(25(35)17-31-27(36)24-9-5-15-39-24)26(22-7-2-3-8-23(22)29)28(37)30-16-21-6-4-14-38-21/h2-15,26H,16-17H2,1H3,(H,30,37)(H,31,36)(H,32,34). The molecule has 0 aliphatic heterocycles. The van der Waals surface area contributed by atoms with Gasteiger partial charge in [0, 0.05) is 23.9 Å². The summed E-state index contributed by atoms with van der Waals surface area (Å²) >= 11 is 1.22. The van der Waals surface area contributed by atoms with Gasteiger partial charge < -0.3 is 20.4 Å². The Morgan fingerprint density at radius 2 is 1.72 bits per heavy atom. The zero-order chi connectivity index (χ0) is 27.8. The van der Waals surface area contributed by atoms with Gasteiger partial charge in [-0.05, 0) is 53.9 Å². The first-order chi connectivity index (χ1) is 18.8. The molecule has 1 atom stereocenters. The summed E-state index contributed by atoms with van der Waals surface area (Å²) in [6, 6.07) is 17.1. The molecule has 4 rings (SSSR count). The first-order valence-corrected chi connectivity index (χ1v) is 12.8. The van der Waals surface area contributed by atoms with Crippen molar-refractivity contribution in [3.8, 4) is 0 Å². The van der Waals surface area contributed by atoms with Crippen molar-refractivity contribution >= 4 is 46.3 Å². The Balaban J connectivity index is 1.70. The number of amides is 4. The van der Waals surface area contributed by atoms with E-state index in [-0.39, 0.29) is 23.7 Å². The van der Waals surface area contributed by atoms with Crippen LogP contribution in [-0.2, 0) is 20.9 Å². The maximum Gasteiger partial charge on any atom is 0.261 e. The molecule has 0 fully saturated rings. The molecule has 4 amide bonds. The minimum absolute atomic E-state index is 0.00933. The predicted molar refractivity (Wildman–Crippen MR) is 145 cm³/mol. The van der Waals surface area contributed by atoms with Crippen molar-refractivity contribution in [1.29, 1.82) is 0 Å². The molecule has 39 heavy (non-hydrogen) atoms. The number of carbonyl (C=O) groups is 4. The molecule has 200 valence electrons. The number of hydrogen-bond donors (Lipinski definition) is 3. The van der Waals surface area contributed by atoms with Crippen LogP contribution >= 0.6 is 11.3 Å². The van der Waals surface area contributed by atoms with Gasteiger partial charge in [0.25, 0.3) is 5.91 Å². The van der Waals surface area contributed by atoms with E-state index in [1.54, 1.807) is 47.8 Å². The van der Waals surface area contributed by atoms with E-state index in [4.69, 9.17) is 4.42 Å². The van der Waals surface area contributed by atoms with Crippen LogP contribution in [0.4, 0.5) is 15.8 Å². The van der Waals surface area contributed by atoms with Crippen LogP contribution in [0.1, 0.15) is 34.0 Å². The number of nitrogens with one attached hydrogen (secondary N) is 3. The summed E-state index contributed by atoms with van der Waals surface area (Å²) in [4.78, 5) is 52.8. The molecule has 9 nitrogen and oxygen atoms in total. The van der Waals surface area contributed by atoms with Gasteiger partial charge in [-0.25, -0.2) is 4.39 Å². The monoisotopic (exact) mass is 548 g/mol. The highest BCUT2D eigenvalue weighted by Gasteiger charge is 2.34. The van der Waals surface area contributed by atoms with Crippen molar-refractivity contribution in [1.82, 2.24) is 10.6 Å². The van der Waals surface area contributed by atoms with Crippen LogP contribution in [-0.4, -0.2) is 30.2 Å². The number of thiophene rings is 1. The van der Waals surface area contributed by atoms with E-state index < -0.39 is 36.1 Å². The molecule has 0 saturated carbocycles. The second kappa shape index (κ2) is 12.7. The van der Waals surface area contributed by atoms with Gasteiger partial charge in [0.05, 0.1) is 24.2 Å². The molecular formula is C28H25FN4O5S. The molecule has 0 saturated heterocycles. The summed E-state index contributed by atoms with van der Waals surface area (Å²) in [5, 5.41) is 9.64. The number of furan rings is 1. The molecule has 0 bridgehead atoms. The van der Waals surface area contributed by atoms with E-state index in [2.05, 4.69) is 16.0 Å². The number of benzene rings is 2. The van der Waals surface area contributed by atoms with Crippen molar-refractivity contribution in [2.45, 2.75) is 19.5 Å². The molecule has 0 radical (unpaired) electrons. The van der Waals surface area contributed by atoms with Crippen LogP contribution in [0.25, 0.3) is 0 Å². The highest BCUT2D eigenvalue weighted by molar-refractivity contribution is 7.12. The average molecular weight is 549 g/mol. The summed E-state index contributed by atoms with van der Waals surface area (Å²) in [6.07, 6.45) is 1.46. The Morgan fingerprint density at radius 3 is 2.36 bits per heavy atom. The molecule has 1 unspecified atom stereocenters. The number of hydrogen-bond acceptors (Lipinski definition) is 6. The maximum absolute atomic E-state index is 15.1. The third kappa shape index (κ3) is 6.96. The average Bonchev–Trinajstić information content (AvgIpc) is 3.65. The maximum atomic E-state index is 15.1. The molecule has 11 heteroatoms. The van der Waals surface area contributed by atoms with E-state index in [1.807, 2.05) is 0 Å². The second-order valence-corrected chi connectivity index (χ2v) is 9.32. The van der Waals surface area contributed by atoms with Gasteiger partial charge in [-0.1, -0.05) is 24.3 Å². The van der Waals surface area contributed by atoms with Crippen LogP contribution in [0.15, 0.2) is 88.9 Å². The fourth-order valence-corrected chi connectivity index (χ4v) is 4.50. The molecule has 0 aliphatic carbocycles. The van der Waals surface area contributed by atoms with Crippen molar-refractivity contribution in [3.63, 3.8) is 0 Å². The predicted octanol–water partition coefficient (Wildman–Crippen LogP) is 4.26. The van der Waals surface area contributed by atoms with Crippen LogP contribution in [0.5, 0.6) is 0 Å². The second-order valence-electron chi connectivity index (χ2n) is 8.37. The summed E-state index contributed by atoms with van der Waals surface area (Å²) in [6.45, 7) is 0.910. The molecule has 2 aromatic heterocycles. The van der Waals surface area contributed by atoms with Gasteiger partial charge in [0.2, 0.25) is 17.7 Å². The Hall–Kier alpha value is -4.77. The van der Waals surface area contributed by atoms with Crippen LogP contribution < -0.4 is 20.9 Å². The lowest BCUT2D eigenvalue weighted by molar-refractivity contribution is -0.126. The number of halogens is 1. The molecule has 2 aromatic carbocycles. The Bertz CT molecular complexity index is 1440. The molecule has 0 spiro atoms. The summed E-state index contributed by atoms with van der Waals surface area (Å²) in [5.74, 6) is -2.28. The Labute approximate surface area is 227 Å². The van der Waals surface area contributed by atoms with Crippen LogP contribution in [0.3, 0.4) is 0 Å². The van der Waals surface area contributed by atoms with Gasteiger partial charge in [0.1, 0.15) is 17.6 Å². The first-order valence-electron chi connectivity index (χ1n) is 11.9. The molecular weight excluding hydrogens is 523 g/mol. The number of rotatable bonds is 10. The topological polar surface area (TPSA) is 121 Å². The molecule has 4 aromatic rings. The lowest BCUT2D eigenvalue weighted by atomic mass is 10.0. The van der Waals surface area contributed by atoms with E-state index in [0.717, 1.165) is 4.90 Å². The fourth-order valence-electron chi connectivity index (χ4n) is 3.86. The summed E-state index contributed by atoms with van der Waals surface area (Å²) < 4.78 is 20.4. The third-order valence-electron chi connectivity index (χ3n) is 5.60. The van der Waals surface area contributed by atoms with Gasteiger partial charge in [0.15, 0.2) is 0 Å². The van der Waals surface area contributed by atoms with Crippen molar-refractivity contribution in [2.24, 2.45) is 0 Å². The summed E-state index contributed by atoms with van der Waals surface area (Å²) in [5.41, 5.74) is 0.675. The van der Waals surface area contributed by atoms with Gasteiger partial charge in [-0.15, -0.1) is 11.3 Å². The third-order valence-corrected chi connectivity index (χ3v) is 6.47. The minimum Gasteiger partial charge on any atom is -0.467 e. The van der Waals surface area contributed by atoms with E-state index >= 15 is 4.39 Å². The Morgan fingerprint density at radius 1 is 0.949 bits per heavy atom. The molecule has 2 heterocycles. The smallest absolute Gasteiger partial charge is 0.261 e. The van der Waals surface area contributed by atoms with Crippen molar-refractivity contribution in [2.75, 3.05) is 16.8 Å². The molecule has 0 aliphatic rings. The van der Waals surface area contributed by atoms with Crippen LogP contribution in [0.2, 0.25) is 0 Å². The largest absolute Gasteiger partial charge is 0.467 e. The number of anilines is 2. The van der Waals surface area contributed by atoms with Gasteiger partial charge in [-0.3, -0.25) is 24.1 Å². The summed E-state index contributed by atoms with van der Waals surface area (Å²) in [7, 11) is 0. The normalized spacial score (nSPS) is 11.3. The fraction of sp³-hybridized carbons (Fsp3) is 0.143. The Kier molecular flexibility index (Phi) is 8.85. The SMILES string of the molecule is CC(=O)Nc1ccc(N(C(=O)CNC(=O)c2cccs2)C(C(=O)NCc2ccco2)c2ccccc2F)cc1. The van der Waals surface area contributed by atoms with E-state index in [1.165, 1.54) is 54.9 Å². The first kappa shape index (κ1) is 27.3. The van der Waals surface area contributed by atoms with Gasteiger partial charge in [-0.2, -0.15) is 0 Å². The van der Waals surface area contributed by atoms with Crippen molar-refractivity contribution < 1.29 is 28.0 Å². The zero-order valence-electron chi connectivity index (χ0n) is 20.8. The van der Waals surface area contributed by atoms with Crippen LogP contribution in [0, 0.1) is 5.82 Å². The van der Waals surface area contributed by atoms with E-state index in [0.29, 0.717) is 16.3 Å². The highest BCUT2D eigenvalue weighted by Crippen LogP contribution is 2.31. The van der Waals surface area contributed by atoms with Gasteiger partial charge >= 0.3 is 0 Å². The quantitative estimate of drug-likeness (QED) is 0.274. The number of nitrogens with zero attached hydrogens (tertiary/aromatic N) is 1.